The number of phenols is 1. The van der Waals surface area contributed by atoms with Crippen LogP contribution in [0.5, 0.6) is 17.2 Å². The van der Waals surface area contributed by atoms with Gasteiger partial charge >= 0.3 is 6.03 Å². The van der Waals surface area contributed by atoms with Gasteiger partial charge in [-0.05, 0) is 67.8 Å². The monoisotopic (exact) mass is 530 g/mol. The molecular weight excluding hydrogens is 516 g/mol. The molecule has 1 aliphatic rings. The van der Waals surface area contributed by atoms with Crippen LogP contribution >= 0.6 is 31.9 Å². The predicted octanol–water partition coefficient (Wildman–Crippen LogP) is 5.36. The van der Waals surface area contributed by atoms with E-state index in [9.17, 15) is 14.7 Å². The maximum atomic E-state index is 11.9. The molecule has 0 saturated carbocycles. The van der Waals surface area contributed by atoms with Crippen LogP contribution in [-0.2, 0) is 11.2 Å². The Morgan fingerprint density at radius 1 is 1.00 bits per heavy atom. The van der Waals surface area contributed by atoms with Gasteiger partial charge in [-0.2, -0.15) is 0 Å². The van der Waals surface area contributed by atoms with Crippen LogP contribution in [0.2, 0.25) is 0 Å². The average molecular weight is 532 g/mol. The zero-order chi connectivity index (χ0) is 21.3. The maximum Gasteiger partial charge on any atom is 0.329 e. The van der Waals surface area contributed by atoms with E-state index in [2.05, 4.69) is 37.2 Å². The number of halogens is 2. The van der Waals surface area contributed by atoms with E-state index in [1.165, 1.54) is 4.90 Å². The molecule has 8 heteroatoms. The molecule has 30 heavy (non-hydrogen) atoms. The molecule has 0 aromatic heterocycles. The average Bonchev–Trinajstić information content (AvgIpc) is 3.06. The number of nitrogens with one attached hydrogen (secondary N) is 1. The summed E-state index contributed by atoms with van der Waals surface area (Å²) in [7, 11) is 0. The summed E-state index contributed by atoms with van der Waals surface area (Å²) in [4.78, 5) is 24.7. The zero-order valence-electron chi connectivity index (χ0n) is 15.6. The fraction of sp³-hybridized carbons (Fsp3) is 0.0909. The van der Waals surface area contributed by atoms with Crippen molar-refractivity contribution in [2.24, 2.45) is 0 Å². The molecule has 0 spiro atoms. The van der Waals surface area contributed by atoms with Gasteiger partial charge in [-0.15, -0.1) is 0 Å². The fourth-order valence-electron chi connectivity index (χ4n) is 3.15. The predicted molar refractivity (Wildman–Crippen MR) is 120 cm³/mol. The van der Waals surface area contributed by atoms with Gasteiger partial charge in [0.05, 0.1) is 8.95 Å². The van der Waals surface area contributed by atoms with Crippen LogP contribution in [0.3, 0.4) is 0 Å². The van der Waals surface area contributed by atoms with Crippen molar-refractivity contribution in [2.45, 2.75) is 6.42 Å². The van der Waals surface area contributed by atoms with Crippen molar-refractivity contribution < 1.29 is 19.4 Å². The molecule has 6 nitrogen and oxygen atoms in total. The third-order valence-electron chi connectivity index (χ3n) is 4.60. The van der Waals surface area contributed by atoms with Crippen molar-refractivity contribution >= 4 is 49.5 Å². The minimum atomic E-state index is -0.462. The lowest BCUT2D eigenvalue weighted by Crippen LogP contribution is -2.27. The summed E-state index contributed by atoms with van der Waals surface area (Å²) in [5, 5.41) is 12.5. The van der Waals surface area contributed by atoms with Crippen molar-refractivity contribution in [3.05, 3.63) is 80.7 Å². The SMILES string of the molecule is O=C1CN(c2cc(Br)c(Oc3ccc(O)c(Cc4ccccc4)c3)c(Br)c2)C(=O)N1. The number of urea groups is 1. The molecule has 0 radical (unpaired) electrons. The van der Waals surface area contributed by atoms with Gasteiger partial charge in [0.25, 0.3) is 0 Å². The highest BCUT2D eigenvalue weighted by atomic mass is 79.9. The molecule has 1 fully saturated rings. The summed E-state index contributed by atoms with van der Waals surface area (Å²) in [6.45, 7) is -0.0290. The first-order valence-electron chi connectivity index (χ1n) is 9.05. The molecule has 1 saturated heterocycles. The number of hydrogen-bond acceptors (Lipinski definition) is 4. The number of carbonyl (C=O) groups is 2. The maximum absolute atomic E-state index is 11.9. The van der Waals surface area contributed by atoms with Gasteiger partial charge in [0, 0.05) is 17.7 Å². The molecule has 3 amide bonds. The van der Waals surface area contributed by atoms with Gasteiger partial charge in [0.15, 0.2) is 5.75 Å². The summed E-state index contributed by atoms with van der Waals surface area (Å²) < 4.78 is 7.26. The van der Waals surface area contributed by atoms with Crippen molar-refractivity contribution in [1.82, 2.24) is 5.32 Å². The van der Waals surface area contributed by atoms with Crippen LogP contribution in [0, 0.1) is 0 Å². The van der Waals surface area contributed by atoms with Crippen LogP contribution < -0.4 is 15.0 Å². The van der Waals surface area contributed by atoms with E-state index in [1.54, 1.807) is 30.3 Å². The van der Waals surface area contributed by atoms with Crippen LogP contribution in [-0.4, -0.2) is 23.6 Å². The minimum absolute atomic E-state index is 0.0290. The largest absolute Gasteiger partial charge is 0.508 e. The van der Waals surface area contributed by atoms with Crippen molar-refractivity contribution in [3.8, 4) is 17.2 Å². The third-order valence-corrected chi connectivity index (χ3v) is 5.77. The second kappa shape index (κ2) is 8.49. The second-order valence-corrected chi connectivity index (χ2v) is 8.44. The number of hydrogen-bond donors (Lipinski definition) is 2. The lowest BCUT2D eigenvalue weighted by molar-refractivity contribution is -0.117. The Kier molecular flexibility index (Phi) is 5.78. The van der Waals surface area contributed by atoms with Gasteiger partial charge < -0.3 is 9.84 Å². The van der Waals surface area contributed by atoms with Crippen molar-refractivity contribution in [2.75, 3.05) is 11.4 Å². The topological polar surface area (TPSA) is 78.9 Å². The van der Waals surface area contributed by atoms with E-state index >= 15 is 0 Å². The molecule has 0 bridgehead atoms. The number of phenolic OH excluding ortho intramolecular Hbond substituents is 1. The van der Waals surface area contributed by atoms with Crippen LogP contribution in [0.1, 0.15) is 11.1 Å². The summed E-state index contributed by atoms with van der Waals surface area (Å²) in [6.07, 6.45) is 0.573. The van der Waals surface area contributed by atoms with Crippen molar-refractivity contribution in [3.63, 3.8) is 0 Å². The highest BCUT2D eigenvalue weighted by molar-refractivity contribution is 9.11. The Bertz CT molecular complexity index is 1110. The number of benzene rings is 3. The minimum Gasteiger partial charge on any atom is -0.508 e. The van der Waals surface area contributed by atoms with Gasteiger partial charge in [0.1, 0.15) is 18.0 Å². The Balaban J connectivity index is 1.59. The van der Waals surface area contributed by atoms with E-state index < -0.39 is 6.03 Å². The highest BCUT2D eigenvalue weighted by Crippen LogP contribution is 2.41. The second-order valence-electron chi connectivity index (χ2n) is 6.73. The summed E-state index contributed by atoms with van der Waals surface area (Å²) in [5.74, 6) is 0.926. The van der Waals surface area contributed by atoms with Gasteiger partial charge in [-0.25, -0.2) is 4.79 Å². The molecule has 1 aliphatic heterocycles. The lowest BCUT2D eigenvalue weighted by Gasteiger charge is -2.17. The molecular formula is C22H16Br2N2O4. The number of carbonyl (C=O) groups excluding carboxylic acids is 2. The van der Waals surface area contributed by atoms with E-state index in [0.29, 0.717) is 32.6 Å². The third kappa shape index (κ3) is 4.34. The van der Waals surface area contributed by atoms with Gasteiger partial charge in [0.2, 0.25) is 5.91 Å². The quantitative estimate of drug-likeness (QED) is 0.434. The molecule has 3 aromatic carbocycles. The first-order valence-corrected chi connectivity index (χ1v) is 10.6. The fourth-order valence-corrected chi connectivity index (χ4v) is 4.47. The van der Waals surface area contributed by atoms with Gasteiger partial charge in [-0.3, -0.25) is 15.0 Å². The first-order chi connectivity index (χ1) is 14.4. The standard InChI is InChI=1S/C22H16Br2N2O4/c23-17-10-15(26-12-20(28)25-22(26)29)11-18(24)21(17)30-16-6-7-19(27)14(9-16)8-13-4-2-1-3-5-13/h1-7,9-11,27H,8,12H2,(H,25,28,29). The van der Waals surface area contributed by atoms with Crippen LogP contribution in [0.15, 0.2) is 69.6 Å². The zero-order valence-corrected chi connectivity index (χ0v) is 18.7. The molecule has 3 aromatic rings. The normalized spacial score (nSPS) is 13.5. The summed E-state index contributed by atoms with van der Waals surface area (Å²) >= 11 is 6.95. The summed E-state index contributed by atoms with van der Waals surface area (Å²) in [6, 6.07) is 17.9. The van der Waals surface area contributed by atoms with Gasteiger partial charge in [-0.1, -0.05) is 30.3 Å². The molecule has 0 atom stereocenters. The summed E-state index contributed by atoms with van der Waals surface area (Å²) in [5.41, 5.74) is 2.38. The molecule has 152 valence electrons. The number of aromatic hydroxyl groups is 1. The van der Waals surface area contributed by atoms with E-state index in [4.69, 9.17) is 4.74 Å². The lowest BCUT2D eigenvalue weighted by atomic mass is 10.0. The smallest absolute Gasteiger partial charge is 0.329 e. The number of nitrogens with zero attached hydrogens (tertiary/aromatic N) is 1. The number of amides is 3. The number of rotatable bonds is 5. The van der Waals surface area contributed by atoms with E-state index in [-0.39, 0.29) is 18.2 Å². The van der Waals surface area contributed by atoms with E-state index in [1.807, 2.05) is 30.3 Å². The molecule has 1 heterocycles. The van der Waals surface area contributed by atoms with Crippen LogP contribution in [0.25, 0.3) is 0 Å². The first kappa shape index (κ1) is 20.4. The number of imide groups is 1. The Labute approximate surface area is 189 Å². The number of ether oxygens (including phenoxy) is 1. The van der Waals surface area contributed by atoms with Crippen LogP contribution in [0.4, 0.5) is 10.5 Å². The van der Waals surface area contributed by atoms with E-state index in [0.717, 1.165) is 11.1 Å². The molecule has 0 aliphatic carbocycles. The van der Waals surface area contributed by atoms with Crippen molar-refractivity contribution in [1.29, 1.82) is 0 Å². The Morgan fingerprint density at radius 2 is 1.70 bits per heavy atom. The Morgan fingerprint density at radius 3 is 2.33 bits per heavy atom. The Hall–Kier alpha value is -2.84. The molecule has 0 unspecified atom stereocenters. The molecule has 4 rings (SSSR count). The number of anilines is 1. The highest BCUT2D eigenvalue weighted by Gasteiger charge is 2.29. The molecule has 2 N–H and O–H groups in total.